The van der Waals surface area contributed by atoms with E-state index in [0.717, 1.165) is 45.1 Å². The third kappa shape index (κ3) is 5.37. The zero-order chi connectivity index (χ0) is 26.3. The van der Waals surface area contributed by atoms with Gasteiger partial charge in [0.25, 0.3) is 0 Å². The Kier molecular flexibility index (Phi) is 7.01. The lowest BCUT2D eigenvalue weighted by molar-refractivity contribution is -0.125. The number of carboxylic acid groups (broad SMARTS) is 1. The molecule has 0 radical (unpaired) electrons. The molecule has 0 bridgehead atoms. The van der Waals surface area contributed by atoms with Crippen molar-refractivity contribution >= 4 is 11.9 Å². The van der Waals surface area contributed by atoms with Crippen LogP contribution in [0.15, 0.2) is 36.4 Å². The molecule has 6 nitrogen and oxygen atoms in total. The van der Waals surface area contributed by atoms with Crippen molar-refractivity contribution in [3.8, 4) is 16.9 Å². The van der Waals surface area contributed by atoms with Crippen LogP contribution < -0.4 is 10.1 Å². The lowest BCUT2D eigenvalue weighted by Gasteiger charge is -2.29. The molecule has 3 atom stereocenters. The van der Waals surface area contributed by atoms with Gasteiger partial charge < -0.3 is 15.2 Å². The monoisotopic (exact) mass is 508 g/mol. The fourth-order valence-electron chi connectivity index (χ4n) is 6.34. The molecule has 0 aromatic heterocycles. The maximum atomic E-state index is 15.0. The summed E-state index contributed by atoms with van der Waals surface area (Å²) < 4.78 is 21.4. The van der Waals surface area contributed by atoms with Crippen LogP contribution in [0.25, 0.3) is 11.1 Å². The molecule has 1 aliphatic heterocycles. The minimum Gasteiger partial charge on any atom is -0.490 e. The summed E-state index contributed by atoms with van der Waals surface area (Å²) in [5.74, 6) is -0.501. The summed E-state index contributed by atoms with van der Waals surface area (Å²) in [6, 6.07) is 9.77. The molecule has 2 aromatic carbocycles. The minimum absolute atomic E-state index is 0.0380. The van der Waals surface area contributed by atoms with Crippen LogP contribution in [-0.4, -0.2) is 53.7 Å². The molecule has 7 heteroatoms. The van der Waals surface area contributed by atoms with Gasteiger partial charge in [-0.1, -0.05) is 32.4 Å². The average Bonchev–Trinajstić information content (AvgIpc) is 3.35. The Morgan fingerprint density at radius 1 is 1.11 bits per heavy atom. The highest BCUT2D eigenvalue weighted by molar-refractivity contribution is 5.91. The number of benzene rings is 2. The van der Waals surface area contributed by atoms with Gasteiger partial charge in [-0.3, -0.25) is 9.69 Å². The maximum Gasteiger partial charge on any atom is 0.335 e. The summed E-state index contributed by atoms with van der Waals surface area (Å²) in [7, 11) is 2.01. The van der Waals surface area contributed by atoms with E-state index < -0.39 is 5.97 Å². The second kappa shape index (κ2) is 10.1. The topological polar surface area (TPSA) is 78.9 Å². The van der Waals surface area contributed by atoms with Gasteiger partial charge in [0.1, 0.15) is 17.7 Å². The van der Waals surface area contributed by atoms with E-state index in [1.165, 1.54) is 12.1 Å². The van der Waals surface area contributed by atoms with E-state index in [-0.39, 0.29) is 46.8 Å². The number of likely N-dealkylation sites (N-methyl/N-ethyl adjacent to an activating group) is 1. The number of carbonyl (C=O) groups excluding carboxylic acids is 1. The van der Waals surface area contributed by atoms with E-state index in [2.05, 4.69) is 24.1 Å². The van der Waals surface area contributed by atoms with Crippen molar-refractivity contribution in [2.24, 2.45) is 5.41 Å². The van der Waals surface area contributed by atoms with E-state index >= 15 is 0 Å². The molecule has 2 N–H and O–H groups in total. The number of amides is 1. The largest absolute Gasteiger partial charge is 0.490 e. The van der Waals surface area contributed by atoms with Crippen molar-refractivity contribution < 1.29 is 23.8 Å². The van der Waals surface area contributed by atoms with E-state index in [0.29, 0.717) is 28.9 Å². The molecule has 1 heterocycles. The van der Waals surface area contributed by atoms with E-state index in [4.69, 9.17) is 4.74 Å². The highest BCUT2D eigenvalue weighted by Crippen LogP contribution is 2.45. The first-order chi connectivity index (χ1) is 17.6. The number of rotatable bonds is 7. The number of hydrogen-bond acceptors (Lipinski definition) is 4. The summed E-state index contributed by atoms with van der Waals surface area (Å²) >= 11 is 0. The van der Waals surface area contributed by atoms with E-state index in [1.54, 1.807) is 18.2 Å². The molecule has 5 rings (SSSR count). The maximum absolute atomic E-state index is 15.0. The number of carboxylic acids is 1. The van der Waals surface area contributed by atoms with Gasteiger partial charge in [-0.25, -0.2) is 9.18 Å². The molecule has 0 spiro atoms. The molecule has 0 unspecified atom stereocenters. The highest BCUT2D eigenvalue weighted by atomic mass is 19.1. The van der Waals surface area contributed by atoms with Crippen molar-refractivity contribution in [1.82, 2.24) is 10.2 Å². The van der Waals surface area contributed by atoms with Crippen molar-refractivity contribution in [2.75, 3.05) is 13.6 Å². The third-order valence-corrected chi connectivity index (χ3v) is 8.37. The van der Waals surface area contributed by atoms with Crippen LogP contribution in [0, 0.1) is 11.2 Å². The Bertz CT molecular complexity index is 1190. The molecule has 37 heavy (non-hydrogen) atoms. The molecule has 2 saturated carbocycles. The van der Waals surface area contributed by atoms with Gasteiger partial charge in [-0.05, 0) is 85.9 Å². The Labute approximate surface area is 218 Å². The third-order valence-electron chi connectivity index (χ3n) is 8.37. The molecule has 3 fully saturated rings. The standard InChI is InChI=1S/C30H37FN2O4/c1-30(2)16-25(33(3)17-30)28(34)32-20-11-12-21(15-20)37-26-13-10-19(29(35)36)14-23(26)22-8-5-9-24(31)27(22)18-6-4-7-18/h5,8-10,13-14,18,20-21,25H,4,6-7,11-12,15-17H2,1-3H3,(H,32,34)(H,35,36)/t20-,21-,25+/m1/s1. The molecular weight excluding hydrogens is 471 g/mol. The second-order valence-electron chi connectivity index (χ2n) is 11.9. The van der Waals surface area contributed by atoms with Crippen molar-refractivity contribution in [3.63, 3.8) is 0 Å². The zero-order valence-electron chi connectivity index (χ0n) is 21.9. The van der Waals surface area contributed by atoms with Gasteiger partial charge in [-0.2, -0.15) is 0 Å². The van der Waals surface area contributed by atoms with Gasteiger partial charge in [0.2, 0.25) is 5.91 Å². The molecule has 198 valence electrons. The first-order valence-corrected chi connectivity index (χ1v) is 13.4. The number of hydrogen-bond donors (Lipinski definition) is 2. The van der Waals surface area contributed by atoms with Crippen LogP contribution in [0.2, 0.25) is 0 Å². The van der Waals surface area contributed by atoms with Crippen molar-refractivity contribution in [3.05, 3.63) is 53.3 Å². The summed E-state index contributed by atoms with van der Waals surface area (Å²) in [6.45, 7) is 5.29. The fraction of sp³-hybridized carbons (Fsp3) is 0.533. The number of nitrogens with zero attached hydrogens (tertiary/aromatic N) is 1. The Morgan fingerprint density at radius 2 is 1.89 bits per heavy atom. The van der Waals surface area contributed by atoms with Crippen LogP contribution >= 0.6 is 0 Å². The van der Waals surface area contributed by atoms with Crippen LogP contribution in [0.1, 0.15) is 80.6 Å². The Morgan fingerprint density at radius 3 is 2.54 bits per heavy atom. The SMILES string of the molecule is CN1CC(C)(C)C[C@H]1C(=O)N[C@@H]1CC[C@@H](Oc2ccc(C(=O)O)cc2-c2cccc(F)c2C2CCC2)C1. The Balaban J connectivity index is 1.34. The average molecular weight is 509 g/mol. The van der Waals surface area contributed by atoms with Gasteiger partial charge in [0.05, 0.1) is 11.6 Å². The molecule has 1 amide bonds. The van der Waals surface area contributed by atoms with Gasteiger partial charge in [-0.15, -0.1) is 0 Å². The minimum atomic E-state index is -1.03. The predicted octanol–water partition coefficient (Wildman–Crippen LogP) is 5.60. The first kappa shape index (κ1) is 25.7. The quantitative estimate of drug-likeness (QED) is 0.509. The summed E-state index contributed by atoms with van der Waals surface area (Å²) in [5, 5.41) is 12.9. The predicted molar refractivity (Wildman–Crippen MR) is 140 cm³/mol. The normalized spacial score (nSPS) is 25.6. The van der Waals surface area contributed by atoms with Gasteiger partial charge in [0.15, 0.2) is 0 Å². The highest BCUT2D eigenvalue weighted by Gasteiger charge is 2.40. The number of carbonyl (C=O) groups is 2. The van der Waals surface area contributed by atoms with Crippen LogP contribution in [0.5, 0.6) is 5.75 Å². The lowest BCUT2D eigenvalue weighted by atomic mass is 9.76. The lowest BCUT2D eigenvalue weighted by Crippen LogP contribution is -2.45. The number of ether oxygens (including phenoxy) is 1. The Hall–Kier alpha value is -2.93. The fourth-order valence-corrected chi connectivity index (χ4v) is 6.34. The number of halogens is 1. The van der Waals surface area contributed by atoms with Gasteiger partial charge >= 0.3 is 5.97 Å². The van der Waals surface area contributed by atoms with E-state index in [1.807, 2.05) is 13.1 Å². The smallest absolute Gasteiger partial charge is 0.335 e. The molecule has 2 aromatic rings. The zero-order valence-corrected chi connectivity index (χ0v) is 21.9. The second-order valence-corrected chi connectivity index (χ2v) is 11.9. The van der Waals surface area contributed by atoms with Crippen LogP contribution in [-0.2, 0) is 4.79 Å². The number of likely N-dealkylation sites (tertiary alicyclic amines) is 1. The van der Waals surface area contributed by atoms with E-state index in [9.17, 15) is 19.1 Å². The van der Waals surface area contributed by atoms with Crippen molar-refractivity contribution in [1.29, 1.82) is 0 Å². The summed E-state index contributed by atoms with van der Waals surface area (Å²) in [4.78, 5) is 26.9. The van der Waals surface area contributed by atoms with Gasteiger partial charge in [0, 0.05) is 24.6 Å². The summed E-state index contributed by atoms with van der Waals surface area (Å²) in [5.41, 5.74) is 2.25. The number of aromatic carboxylic acids is 1. The van der Waals surface area contributed by atoms with Crippen LogP contribution in [0.4, 0.5) is 4.39 Å². The van der Waals surface area contributed by atoms with Crippen LogP contribution in [0.3, 0.4) is 0 Å². The molecule has 1 saturated heterocycles. The molecular formula is C30H37FN2O4. The van der Waals surface area contributed by atoms with Crippen molar-refractivity contribution in [2.45, 2.75) is 82.9 Å². The summed E-state index contributed by atoms with van der Waals surface area (Å²) in [6.07, 6.45) is 5.96. The first-order valence-electron chi connectivity index (χ1n) is 13.4. The molecule has 3 aliphatic rings. The number of nitrogens with one attached hydrogen (secondary N) is 1. The molecule has 2 aliphatic carbocycles.